The lowest BCUT2D eigenvalue weighted by Gasteiger charge is -2.32. The van der Waals surface area contributed by atoms with Crippen molar-refractivity contribution in [2.75, 3.05) is 0 Å². The van der Waals surface area contributed by atoms with Gasteiger partial charge in [0, 0.05) is 30.4 Å². The van der Waals surface area contributed by atoms with Crippen molar-refractivity contribution < 1.29 is 18.0 Å². The molecule has 0 N–H and O–H groups in total. The fourth-order valence-corrected chi connectivity index (χ4v) is 4.69. The number of alkyl halides is 3. The van der Waals surface area contributed by atoms with Gasteiger partial charge in [-0.1, -0.05) is 24.3 Å². The Hall–Kier alpha value is -2.84. The number of benzene rings is 1. The Labute approximate surface area is 150 Å². The summed E-state index contributed by atoms with van der Waals surface area (Å²) in [4.78, 5) is 37.6. The number of hydrogen-bond donors (Lipinski definition) is 0. The first-order valence-electron chi connectivity index (χ1n) is 8.51. The standard InChI is InChI=1S/C18H14F3N3O3/c1-22-16(26)23-10-6-7-11(24(23)17(22)27)13-12(10)14(13)15(25)8-2-4-9(5-3-8)18(19,20)21/h2-7,10-14H,1H3. The van der Waals surface area contributed by atoms with E-state index < -0.39 is 29.0 Å². The number of carbonyl (C=O) groups excluding carboxylic acids is 1. The van der Waals surface area contributed by atoms with Crippen molar-refractivity contribution in [1.29, 1.82) is 0 Å². The van der Waals surface area contributed by atoms with Crippen LogP contribution in [-0.4, -0.2) is 19.7 Å². The molecule has 4 aliphatic rings. The third-order valence-electron chi connectivity index (χ3n) is 5.99. The summed E-state index contributed by atoms with van der Waals surface area (Å²) in [5.74, 6) is -0.889. The van der Waals surface area contributed by atoms with Gasteiger partial charge in [0.2, 0.25) is 0 Å². The molecule has 3 heterocycles. The molecule has 140 valence electrons. The van der Waals surface area contributed by atoms with Crippen LogP contribution in [0.2, 0.25) is 0 Å². The summed E-state index contributed by atoms with van der Waals surface area (Å²) in [6.07, 6.45) is -0.775. The highest BCUT2D eigenvalue weighted by atomic mass is 19.4. The Kier molecular flexibility index (Phi) is 2.97. The van der Waals surface area contributed by atoms with E-state index in [2.05, 4.69) is 0 Å². The van der Waals surface area contributed by atoms with Gasteiger partial charge in [-0.2, -0.15) is 13.2 Å². The van der Waals surface area contributed by atoms with E-state index in [1.807, 2.05) is 12.2 Å². The van der Waals surface area contributed by atoms with Crippen molar-refractivity contribution in [2.45, 2.75) is 18.3 Å². The van der Waals surface area contributed by atoms with Gasteiger partial charge >= 0.3 is 17.6 Å². The Morgan fingerprint density at radius 1 is 0.926 bits per heavy atom. The van der Waals surface area contributed by atoms with Crippen LogP contribution in [0.5, 0.6) is 0 Å². The molecular weight excluding hydrogens is 363 g/mol. The molecule has 1 saturated carbocycles. The first-order valence-corrected chi connectivity index (χ1v) is 8.51. The Morgan fingerprint density at radius 3 is 1.85 bits per heavy atom. The fraction of sp³-hybridized carbons (Fsp3) is 0.389. The summed E-state index contributed by atoms with van der Waals surface area (Å²) in [7, 11) is 1.42. The Morgan fingerprint density at radius 2 is 1.41 bits per heavy atom. The summed E-state index contributed by atoms with van der Waals surface area (Å²) in [6, 6.07) is 3.41. The zero-order chi connectivity index (χ0) is 19.2. The highest BCUT2D eigenvalue weighted by Crippen LogP contribution is 2.64. The first kappa shape index (κ1) is 16.3. The fourth-order valence-electron chi connectivity index (χ4n) is 4.69. The van der Waals surface area contributed by atoms with Crippen LogP contribution in [0.15, 0.2) is 46.0 Å². The number of halogens is 3. The molecule has 9 heteroatoms. The number of allylic oxidation sites excluding steroid dienone is 2. The topological polar surface area (TPSA) is 66.0 Å². The molecule has 1 fully saturated rings. The summed E-state index contributed by atoms with van der Waals surface area (Å²) in [5.41, 5.74) is -1.44. The van der Waals surface area contributed by atoms with E-state index in [-0.39, 0.29) is 35.3 Å². The second kappa shape index (κ2) is 4.90. The lowest BCUT2D eigenvalue weighted by molar-refractivity contribution is -0.137. The van der Waals surface area contributed by atoms with E-state index in [4.69, 9.17) is 0 Å². The van der Waals surface area contributed by atoms with E-state index in [0.29, 0.717) is 0 Å². The Balaban J connectivity index is 1.48. The van der Waals surface area contributed by atoms with Crippen LogP contribution in [0, 0.1) is 17.8 Å². The minimum atomic E-state index is -4.46. The van der Waals surface area contributed by atoms with Crippen LogP contribution in [0.25, 0.3) is 0 Å². The minimum absolute atomic E-state index is 0.116. The molecule has 0 amide bonds. The molecule has 4 unspecified atom stereocenters. The number of rotatable bonds is 2. The Bertz CT molecular complexity index is 1070. The molecule has 4 atom stereocenters. The second-order valence-corrected chi connectivity index (χ2v) is 7.30. The van der Waals surface area contributed by atoms with E-state index in [0.717, 1.165) is 16.7 Å². The summed E-state index contributed by atoms with van der Waals surface area (Å²) in [6.45, 7) is 0. The molecule has 27 heavy (non-hydrogen) atoms. The van der Waals surface area contributed by atoms with E-state index in [1.165, 1.54) is 28.5 Å². The van der Waals surface area contributed by atoms with Crippen molar-refractivity contribution in [3.63, 3.8) is 0 Å². The molecule has 2 aliphatic carbocycles. The van der Waals surface area contributed by atoms with E-state index in [1.54, 1.807) is 0 Å². The molecule has 1 aromatic carbocycles. The monoisotopic (exact) mass is 377 g/mol. The van der Waals surface area contributed by atoms with Crippen LogP contribution in [0.1, 0.15) is 28.0 Å². The highest BCUT2D eigenvalue weighted by Gasteiger charge is 2.66. The number of hydrogen-bond acceptors (Lipinski definition) is 3. The van der Waals surface area contributed by atoms with Gasteiger partial charge in [-0.05, 0) is 12.1 Å². The zero-order valence-electron chi connectivity index (χ0n) is 14.1. The third-order valence-corrected chi connectivity index (χ3v) is 5.99. The lowest BCUT2D eigenvalue weighted by atomic mass is 9.96. The molecule has 2 bridgehead atoms. The summed E-state index contributed by atoms with van der Waals surface area (Å²) >= 11 is 0. The van der Waals surface area contributed by atoms with Gasteiger partial charge in [-0.25, -0.2) is 23.5 Å². The second-order valence-electron chi connectivity index (χ2n) is 7.30. The third kappa shape index (κ3) is 1.99. The van der Waals surface area contributed by atoms with Crippen molar-refractivity contribution in [1.82, 2.24) is 13.9 Å². The average Bonchev–Trinajstić information content (AvgIpc) is 3.37. The van der Waals surface area contributed by atoms with Crippen LogP contribution < -0.4 is 11.4 Å². The molecule has 0 radical (unpaired) electrons. The molecule has 2 aliphatic heterocycles. The number of Topliss-reactive ketones (excluding diaryl/α,β-unsaturated/α-hetero) is 1. The average molecular weight is 377 g/mol. The molecule has 2 aromatic rings. The maximum absolute atomic E-state index is 12.9. The summed E-state index contributed by atoms with van der Waals surface area (Å²) < 4.78 is 42.0. The molecule has 6 nitrogen and oxygen atoms in total. The smallest absolute Gasteiger partial charge is 0.294 e. The van der Waals surface area contributed by atoms with Crippen molar-refractivity contribution in [2.24, 2.45) is 24.8 Å². The highest BCUT2D eigenvalue weighted by molar-refractivity contribution is 6.00. The van der Waals surface area contributed by atoms with Gasteiger partial charge in [0.1, 0.15) is 0 Å². The number of nitrogens with zero attached hydrogens (tertiary/aromatic N) is 3. The molecule has 0 saturated heterocycles. The molecular formula is C18H14F3N3O3. The van der Waals surface area contributed by atoms with Crippen LogP contribution >= 0.6 is 0 Å². The van der Waals surface area contributed by atoms with E-state index in [9.17, 15) is 27.6 Å². The number of aromatic nitrogens is 3. The first-order chi connectivity index (χ1) is 12.7. The quantitative estimate of drug-likeness (QED) is 0.592. The van der Waals surface area contributed by atoms with Crippen LogP contribution in [-0.2, 0) is 13.2 Å². The van der Waals surface area contributed by atoms with Gasteiger partial charge in [0.15, 0.2) is 5.78 Å². The SMILES string of the molecule is Cn1c(=O)n2n(c1=O)C1C=CC2C2C(C(=O)c3ccc(C(F)(F)F)cc3)C21. The van der Waals surface area contributed by atoms with Crippen LogP contribution in [0.3, 0.4) is 0 Å². The predicted octanol–water partition coefficient (Wildman–Crippen LogP) is 1.78. The van der Waals surface area contributed by atoms with Gasteiger partial charge < -0.3 is 0 Å². The van der Waals surface area contributed by atoms with Crippen molar-refractivity contribution >= 4 is 5.78 Å². The minimum Gasteiger partial charge on any atom is -0.294 e. The van der Waals surface area contributed by atoms with E-state index >= 15 is 0 Å². The normalized spacial score (nSPS) is 30.1. The van der Waals surface area contributed by atoms with Crippen LogP contribution in [0.4, 0.5) is 13.2 Å². The number of carbonyl (C=O) groups is 1. The predicted molar refractivity (Wildman–Crippen MR) is 87.4 cm³/mol. The van der Waals surface area contributed by atoms with Gasteiger partial charge in [-0.3, -0.25) is 4.79 Å². The largest absolute Gasteiger partial charge is 0.416 e. The van der Waals surface area contributed by atoms with Crippen molar-refractivity contribution in [3.8, 4) is 0 Å². The summed E-state index contributed by atoms with van der Waals surface area (Å²) in [5, 5.41) is 0. The molecule has 0 spiro atoms. The lowest BCUT2D eigenvalue weighted by Crippen LogP contribution is -2.40. The zero-order valence-corrected chi connectivity index (χ0v) is 14.1. The van der Waals surface area contributed by atoms with Gasteiger partial charge in [0.25, 0.3) is 0 Å². The number of ketones is 1. The molecule has 6 rings (SSSR count). The van der Waals surface area contributed by atoms with Crippen molar-refractivity contribution in [3.05, 3.63) is 68.5 Å². The molecule has 1 aromatic heterocycles. The van der Waals surface area contributed by atoms with Gasteiger partial charge in [0.05, 0.1) is 17.6 Å². The maximum atomic E-state index is 12.9. The maximum Gasteiger partial charge on any atom is 0.416 e. The van der Waals surface area contributed by atoms with Gasteiger partial charge in [-0.15, -0.1) is 0 Å².